The molecule has 2 saturated carbocycles. The Kier molecular flexibility index (Phi) is 8.19. The highest BCUT2D eigenvalue weighted by atomic mass is 16.2. The number of hydrogen-bond acceptors (Lipinski definition) is 6. The molecule has 49 heavy (non-hydrogen) atoms. The first-order valence-corrected chi connectivity index (χ1v) is 18.0. The second-order valence-corrected chi connectivity index (χ2v) is 15.0. The molecule has 2 aromatic carbocycles. The molecule has 4 aromatic rings. The summed E-state index contributed by atoms with van der Waals surface area (Å²) in [7, 11) is 3.88. The molecule has 256 valence electrons. The van der Waals surface area contributed by atoms with Crippen molar-refractivity contribution in [3.05, 3.63) is 81.9 Å². The van der Waals surface area contributed by atoms with Crippen molar-refractivity contribution in [1.82, 2.24) is 29.3 Å². The number of rotatable bonds is 8. The zero-order valence-corrected chi connectivity index (χ0v) is 29.3. The van der Waals surface area contributed by atoms with E-state index in [0.29, 0.717) is 23.6 Å². The number of fused-ring (bicyclic) bond motifs is 4. The van der Waals surface area contributed by atoms with Crippen LogP contribution in [-0.4, -0.2) is 55.5 Å². The van der Waals surface area contributed by atoms with Gasteiger partial charge in [0.05, 0.1) is 11.4 Å². The number of hydrogen-bond donors (Lipinski definition) is 3. The summed E-state index contributed by atoms with van der Waals surface area (Å²) in [6.07, 6.45) is 10.2. The maximum Gasteiger partial charge on any atom is 0.291 e. The summed E-state index contributed by atoms with van der Waals surface area (Å²) in [6, 6.07) is 11.9. The standard InChI is InChI=1S/C39H48N8O2/c1-24-27(7-5-9-29(24)43-37(48)35-41-31-22-40-18-13-33(31)45(35)3)28-8-6-10-30(25(28)2)44-38(49)36-42-32-23-47(19-14-34(32)46(36)4)20-17-39-15-11-26(21-39)12-16-39/h5-10,26,40H,11-23H2,1-4H3,(H,43,48)(H,44,49). The van der Waals surface area contributed by atoms with Crippen LogP contribution in [0.4, 0.5) is 11.4 Å². The number of carbonyl (C=O) groups is 2. The molecule has 0 unspecified atom stereocenters. The summed E-state index contributed by atoms with van der Waals surface area (Å²) in [6.45, 7) is 8.58. The van der Waals surface area contributed by atoms with Gasteiger partial charge in [0.2, 0.25) is 0 Å². The Labute approximate surface area is 288 Å². The molecule has 2 amide bonds. The van der Waals surface area contributed by atoms with Gasteiger partial charge in [0.15, 0.2) is 11.6 Å². The lowest BCUT2D eigenvalue weighted by atomic mass is 9.81. The van der Waals surface area contributed by atoms with E-state index in [1.54, 1.807) is 0 Å². The molecule has 2 aromatic heterocycles. The van der Waals surface area contributed by atoms with Gasteiger partial charge in [-0.2, -0.15) is 0 Å². The van der Waals surface area contributed by atoms with Gasteiger partial charge in [0, 0.05) is 75.9 Å². The van der Waals surface area contributed by atoms with Crippen LogP contribution in [0.15, 0.2) is 36.4 Å². The van der Waals surface area contributed by atoms with E-state index in [-0.39, 0.29) is 11.8 Å². The minimum Gasteiger partial charge on any atom is -0.327 e. The van der Waals surface area contributed by atoms with Gasteiger partial charge in [0.1, 0.15) is 0 Å². The summed E-state index contributed by atoms with van der Waals surface area (Å²) >= 11 is 0. The van der Waals surface area contributed by atoms with Gasteiger partial charge in [0.25, 0.3) is 11.8 Å². The molecule has 4 heterocycles. The Balaban J connectivity index is 0.969. The third-order valence-electron chi connectivity index (χ3n) is 12.2. The van der Waals surface area contributed by atoms with Crippen LogP contribution < -0.4 is 16.0 Å². The lowest BCUT2D eigenvalue weighted by molar-refractivity contribution is 0.100. The molecule has 0 radical (unpaired) electrons. The third kappa shape index (κ3) is 5.78. The van der Waals surface area contributed by atoms with Gasteiger partial charge in [-0.15, -0.1) is 0 Å². The number of nitrogens with zero attached hydrogens (tertiary/aromatic N) is 5. The van der Waals surface area contributed by atoms with E-state index in [4.69, 9.17) is 4.98 Å². The van der Waals surface area contributed by atoms with Crippen LogP contribution in [0, 0.1) is 25.2 Å². The normalized spacial score (nSPS) is 21.4. The zero-order valence-electron chi connectivity index (χ0n) is 29.3. The van der Waals surface area contributed by atoms with Crippen molar-refractivity contribution < 1.29 is 9.59 Å². The van der Waals surface area contributed by atoms with E-state index in [0.717, 1.165) is 95.6 Å². The predicted molar refractivity (Wildman–Crippen MR) is 192 cm³/mol. The monoisotopic (exact) mass is 660 g/mol. The second kappa shape index (κ2) is 12.6. The molecule has 2 bridgehead atoms. The molecule has 10 heteroatoms. The highest BCUT2D eigenvalue weighted by Crippen LogP contribution is 2.56. The fourth-order valence-corrected chi connectivity index (χ4v) is 9.18. The Bertz CT molecular complexity index is 1950. The summed E-state index contributed by atoms with van der Waals surface area (Å²) in [5.74, 6) is 1.43. The van der Waals surface area contributed by atoms with E-state index >= 15 is 0 Å². The van der Waals surface area contributed by atoms with Gasteiger partial charge >= 0.3 is 0 Å². The van der Waals surface area contributed by atoms with Gasteiger partial charge < -0.3 is 25.1 Å². The van der Waals surface area contributed by atoms with Crippen LogP contribution in [0.2, 0.25) is 0 Å². The maximum atomic E-state index is 13.7. The van der Waals surface area contributed by atoms with E-state index in [1.807, 2.05) is 61.3 Å². The summed E-state index contributed by atoms with van der Waals surface area (Å²) in [4.78, 5) is 39.2. The zero-order chi connectivity index (χ0) is 33.9. The molecule has 8 rings (SSSR count). The van der Waals surface area contributed by atoms with Gasteiger partial charge in [-0.05, 0) is 105 Å². The fraction of sp³-hybridized carbons (Fsp3) is 0.487. The van der Waals surface area contributed by atoms with E-state index in [2.05, 4.69) is 38.0 Å². The van der Waals surface area contributed by atoms with Gasteiger partial charge in [-0.25, -0.2) is 9.97 Å². The fourth-order valence-electron chi connectivity index (χ4n) is 9.18. The largest absolute Gasteiger partial charge is 0.327 e. The number of amides is 2. The number of nitrogens with one attached hydrogen (secondary N) is 3. The van der Waals surface area contributed by atoms with Crippen LogP contribution in [0.5, 0.6) is 0 Å². The molecule has 0 atom stereocenters. The SMILES string of the molecule is Cc1c(NC(=O)c2nc3c(n2C)CCNC3)cccc1-c1cccc(NC(=O)c2nc3c(n2C)CCN(CCC24CCC(CC2)C4)C3)c1C. The molecule has 2 fully saturated rings. The number of anilines is 2. The number of benzene rings is 2. The van der Waals surface area contributed by atoms with Crippen molar-refractivity contribution >= 4 is 23.2 Å². The number of aromatic nitrogens is 4. The molecule has 2 aliphatic carbocycles. The lowest BCUT2D eigenvalue weighted by Crippen LogP contribution is -2.34. The Morgan fingerprint density at radius 1 is 0.857 bits per heavy atom. The van der Waals surface area contributed by atoms with Crippen molar-refractivity contribution in [3.63, 3.8) is 0 Å². The molecular formula is C39H48N8O2. The Morgan fingerprint density at radius 3 is 2.02 bits per heavy atom. The number of carbonyl (C=O) groups excluding carboxylic acids is 2. The first-order valence-electron chi connectivity index (χ1n) is 18.0. The number of imidazole rings is 2. The van der Waals surface area contributed by atoms with Gasteiger partial charge in [-0.3, -0.25) is 14.5 Å². The van der Waals surface area contributed by atoms with E-state index < -0.39 is 0 Å². The van der Waals surface area contributed by atoms with Crippen LogP contribution in [0.25, 0.3) is 11.1 Å². The van der Waals surface area contributed by atoms with E-state index in [1.165, 1.54) is 44.2 Å². The smallest absolute Gasteiger partial charge is 0.291 e. The van der Waals surface area contributed by atoms with E-state index in [9.17, 15) is 9.59 Å². The predicted octanol–water partition coefficient (Wildman–Crippen LogP) is 5.92. The van der Waals surface area contributed by atoms with Crippen LogP contribution in [0.1, 0.15) is 93.7 Å². The van der Waals surface area contributed by atoms with Crippen molar-refractivity contribution in [3.8, 4) is 11.1 Å². The van der Waals surface area contributed by atoms with Crippen LogP contribution in [0.3, 0.4) is 0 Å². The molecular weight excluding hydrogens is 612 g/mol. The highest BCUT2D eigenvalue weighted by molar-refractivity contribution is 6.04. The van der Waals surface area contributed by atoms with Crippen molar-refractivity contribution in [2.24, 2.45) is 25.4 Å². The molecule has 4 aliphatic rings. The second-order valence-electron chi connectivity index (χ2n) is 15.0. The van der Waals surface area contributed by atoms with Crippen LogP contribution >= 0.6 is 0 Å². The lowest BCUT2D eigenvalue weighted by Gasteiger charge is -2.32. The molecule has 0 spiro atoms. The average Bonchev–Trinajstić information content (AvgIpc) is 3.88. The summed E-state index contributed by atoms with van der Waals surface area (Å²) in [5, 5.41) is 9.61. The van der Waals surface area contributed by atoms with Crippen LogP contribution in [-0.2, 0) is 40.0 Å². The first-order chi connectivity index (χ1) is 23.7. The Hall–Kier alpha value is -4.28. The molecule has 2 aliphatic heterocycles. The topological polar surface area (TPSA) is 109 Å². The summed E-state index contributed by atoms with van der Waals surface area (Å²) < 4.78 is 3.90. The molecule has 10 nitrogen and oxygen atoms in total. The first kappa shape index (κ1) is 32.0. The maximum absolute atomic E-state index is 13.7. The molecule has 0 saturated heterocycles. The quantitative estimate of drug-likeness (QED) is 0.217. The highest BCUT2D eigenvalue weighted by Gasteiger charge is 2.44. The minimum atomic E-state index is -0.226. The van der Waals surface area contributed by atoms with Gasteiger partial charge in [-0.1, -0.05) is 24.3 Å². The minimum absolute atomic E-state index is 0.198. The Morgan fingerprint density at radius 2 is 1.45 bits per heavy atom. The van der Waals surface area contributed by atoms with Crippen molar-refractivity contribution in [2.75, 3.05) is 30.3 Å². The third-order valence-corrected chi connectivity index (χ3v) is 12.2. The molecule has 3 N–H and O–H groups in total. The van der Waals surface area contributed by atoms with Crippen molar-refractivity contribution in [1.29, 1.82) is 0 Å². The average molecular weight is 661 g/mol. The summed E-state index contributed by atoms with van der Waals surface area (Å²) in [5.41, 5.74) is 10.2. The van der Waals surface area contributed by atoms with Crippen molar-refractivity contribution in [2.45, 2.75) is 78.3 Å².